The van der Waals surface area contributed by atoms with Crippen LogP contribution in [0.2, 0.25) is 0 Å². The Balaban J connectivity index is 2.24. The molecule has 0 saturated carbocycles. The number of hydrogen-bond donors (Lipinski definition) is 1. The van der Waals surface area contributed by atoms with Crippen molar-refractivity contribution >= 4 is 11.9 Å². The van der Waals surface area contributed by atoms with Gasteiger partial charge in [0.05, 0.1) is 20.3 Å². The summed E-state index contributed by atoms with van der Waals surface area (Å²) in [6.07, 6.45) is 0.0504. The van der Waals surface area contributed by atoms with Gasteiger partial charge >= 0.3 is 5.97 Å². The molecule has 1 aromatic carbocycles. The molecule has 1 aromatic rings. The highest BCUT2D eigenvalue weighted by Crippen LogP contribution is 2.22. The van der Waals surface area contributed by atoms with E-state index >= 15 is 0 Å². The van der Waals surface area contributed by atoms with Gasteiger partial charge in [-0.15, -0.1) is 0 Å². The van der Waals surface area contributed by atoms with Crippen LogP contribution in [0, 0.1) is 0 Å². The quantitative estimate of drug-likeness (QED) is 0.836. The van der Waals surface area contributed by atoms with E-state index in [2.05, 4.69) is 0 Å². The smallest absolute Gasteiger partial charge is 0.328 e. The number of methoxy groups -OCH3 is 2. The second-order valence-corrected chi connectivity index (χ2v) is 4.95. The summed E-state index contributed by atoms with van der Waals surface area (Å²) in [5.74, 6) is -0.200. The number of likely N-dealkylation sites (tertiary alicyclic amines) is 1. The fourth-order valence-electron chi connectivity index (χ4n) is 2.47. The van der Waals surface area contributed by atoms with Crippen molar-refractivity contribution in [2.75, 3.05) is 20.8 Å². The van der Waals surface area contributed by atoms with Gasteiger partial charge in [-0.2, -0.15) is 0 Å². The number of carbonyl (C=O) groups excluding carboxylic acids is 2. The molecule has 6 nitrogen and oxygen atoms in total. The molecule has 0 bridgehead atoms. The molecule has 2 atom stereocenters. The molecule has 1 N–H and O–H groups in total. The minimum absolute atomic E-state index is 0.197. The van der Waals surface area contributed by atoms with Gasteiger partial charge in [0.1, 0.15) is 11.8 Å². The molecule has 1 saturated heterocycles. The van der Waals surface area contributed by atoms with Crippen molar-refractivity contribution in [1.29, 1.82) is 0 Å². The van der Waals surface area contributed by atoms with Crippen molar-refractivity contribution in [3.05, 3.63) is 29.8 Å². The van der Waals surface area contributed by atoms with Crippen LogP contribution >= 0.6 is 0 Å². The predicted molar refractivity (Wildman–Crippen MR) is 75.1 cm³/mol. The van der Waals surface area contributed by atoms with E-state index in [0.29, 0.717) is 24.3 Å². The van der Waals surface area contributed by atoms with Crippen LogP contribution in [0.4, 0.5) is 0 Å². The van der Waals surface area contributed by atoms with Gasteiger partial charge in [0.25, 0.3) is 5.91 Å². The third kappa shape index (κ3) is 3.33. The van der Waals surface area contributed by atoms with Crippen molar-refractivity contribution in [3.8, 4) is 5.75 Å². The van der Waals surface area contributed by atoms with Gasteiger partial charge in [0.2, 0.25) is 0 Å². The van der Waals surface area contributed by atoms with E-state index in [1.165, 1.54) is 19.1 Å². The van der Waals surface area contributed by atoms with E-state index in [9.17, 15) is 14.7 Å². The Kier molecular flexibility index (Phi) is 4.80. The van der Waals surface area contributed by atoms with Crippen molar-refractivity contribution in [2.45, 2.75) is 25.0 Å². The first kappa shape index (κ1) is 15.3. The number of esters is 1. The highest BCUT2D eigenvalue weighted by atomic mass is 16.5. The first-order valence-corrected chi connectivity index (χ1v) is 6.77. The number of carbonyl (C=O) groups is 2. The Bertz CT molecular complexity index is 531. The number of rotatable bonds is 3. The van der Waals surface area contributed by atoms with Gasteiger partial charge in [0.15, 0.2) is 0 Å². The van der Waals surface area contributed by atoms with E-state index in [4.69, 9.17) is 9.47 Å². The Morgan fingerprint density at radius 1 is 1.33 bits per heavy atom. The number of amides is 1. The predicted octanol–water partition coefficient (Wildman–Crippen LogP) is 0.834. The molecule has 1 aliphatic heterocycles. The fraction of sp³-hybridized carbons (Fsp3) is 0.467. The lowest BCUT2D eigenvalue weighted by Crippen LogP contribution is -2.51. The SMILES string of the molecule is COC(=O)[C@@H]1C[C@H](O)CCN1C(=O)c1cccc(OC)c1. The zero-order chi connectivity index (χ0) is 15.4. The zero-order valence-corrected chi connectivity index (χ0v) is 12.1. The maximum absolute atomic E-state index is 12.6. The van der Waals surface area contributed by atoms with E-state index in [0.717, 1.165) is 0 Å². The lowest BCUT2D eigenvalue weighted by Gasteiger charge is -2.36. The van der Waals surface area contributed by atoms with Gasteiger partial charge in [-0.1, -0.05) is 6.07 Å². The molecule has 1 fully saturated rings. The maximum atomic E-state index is 12.6. The molecule has 0 radical (unpaired) electrons. The van der Waals surface area contributed by atoms with Crippen LogP contribution in [-0.2, 0) is 9.53 Å². The second kappa shape index (κ2) is 6.58. The van der Waals surface area contributed by atoms with Crippen LogP contribution in [0.1, 0.15) is 23.2 Å². The minimum Gasteiger partial charge on any atom is -0.497 e. The molecule has 2 rings (SSSR count). The third-order valence-electron chi connectivity index (χ3n) is 3.63. The summed E-state index contributed by atoms with van der Waals surface area (Å²) in [4.78, 5) is 25.9. The molecule has 0 aromatic heterocycles. The van der Waals surface area contributed by atoms with Crippen LogP contribution in [0.15, 0.2) is 24.3 Å². The average Bonchev–Trinajstić information content (AvgIpc) is 2.53. The summed E-state index contributed by atoms with van der Waals surface area (Å²) in [5.41, 5.74) is 0.444. The van der Waals surface area contributed by atoms with Crippen LogP contribution in [0.5, 0.6) is 5.75 Å². The Hall–Kier alpha value is -2.08. The molecular weight excluding hydrogens is 274 g/mol. The van der Waals surface area contributed by atoms with Crippen LogP contribution in [0.3, 0.4) is 0 Å². The molecule has 0 aliphatic carbocycles. The molecule has 21 heavy (non-hydrogen) atoms. The summed E-state index contributed by atoms with van der Waals surface area (Å²) in [6, 6.07) is 6.01. The highest BCUT2D eigenvalue weighted by Gasteiger charge is 2.36. The number of piperidine rings is 1. The maximum Gasteiger partial charge on any atom is 0.328 e. The van der Waals surface area contributed by atoms with Crippen LogP contribution in [-0.4, -0.2) is 54.8 Å². The first-order valence-electron chi connectivity index (χ1n) is 6.77. The van der Waals surface area contributed by atoms with Gasteiger partial charge in [-0.3, -0.25) is 4.79 Å². The van der Waals surface area contributed by atoms with E-state index in [1.54, 1.807) is 24.3 Å². The van der Waals surface area contributed by atoms with Gasteiger partial charge in [-0.05, 0) is 24.6 Å². The standard InChI is InChI=1S/C15H19NO5/c1-20-12-5-3-4-10(8-12)14(18)16-7-6-11(17)9-13(16)15(19)21-2/h3-5,8,11,13,17H,6-7,9H2,1-2H3/t11-,13+/m1/s1. The monoisotopic (exact) mass is 293 g/mol. The van der Waals surface area contributed by atoms with Gasteiger partial charge in [-0.25, -0.2) is 4.79 Å². The van der Waals surface area contributed by atoms with Crippen LogP contribution in [0.25, 0.3) is 0 Å². The molecule has 1 aliphatic rings. The summed E-state index contributed by atoms with van der Waals surface area (Å²) in [5, 5.41) is 9.71. The molecule has 1 heterocycles. The first-order chi connectivity index (χ1) is 10.1. The second-order valence-electron chi connectivity index (χ2n) is 4.95. The van der Waals surface area contributed by atoms with Crippen molar-refractivity contribution < 1.29 is 24.2 Å². The fourth-order valence-corrected chi connectivity index (χ4v) is 2.47. The average molecular weight is 293 g/mol. The Labute approximate surface area is 123 Å². The molecule has 6 heteroatoms. The minimum atomic E-state index is -0.752. The molecule has 0 spiro atoms. The largest absolute Gasteiger partial charge is 0.497 e. The number of hydrogen-bond acceptors (Lipinski definition) is 5. The van der Waals surface area contributed by atoms with E-state index < -0.39 is 18.1 Å². The summed E-state index contributed by atoms with van der Waals surface area (Å²) in [6.45, 7) is 0.316. The van der Waals surface area contributed by atoms with Crippen molar-refractivity contribution in [2.24, 2.45) is 0 Å². The highest BCUT2D eigenvalue weighted by molar-refractivity contribution is 5.97. The topological polar surface area (TPSA) is 76.1 Å². The van der Waals surface area contributed by atoms with E-state index in [-0.39, 0.29) is 12.3 Å². The van der Waals surface area contributed by atoms with Crippen LogP contribution < -0.4 is 4.74 Å². The van der Waals surface area contributed by atoms with Gasteiger partial charge < -0.3 is 19.5 Å². The molecule has 114 valence electrons. The third-order valence-corrected chi connectivity index (χ3v) is 3.63. The summed E-state index contributed by atoms with van der Waals surface area (Å²) in [7, 11) is 2.80. The normalized spacial score (nSPS) is 21.8. The molecular formula is C15H19NO5. The molecule has 1 amide bonds. The lowest BCUT2D eigenvalue weighted by molar-refractivity contribution is -0.148. The summed E-state index contributed by atoms with van der Waals surface area (Å²) < 4.78 is 9.83. The number of ether oxygens (including phenoxy) is 2. The zero-order valence-electron chi connectivity index (χ0n) is 12.1. The molecule has 0 unspecified atom stereocenters. The van der Waals surface area contributed by atoms with E-state index in [1.807, 2.05) is 0 Å². The lowest BCUT2D eigenvalue weighted by atomic mass is 9.98. The number of aliphatic hydroxyl groups is 1. The van der Waals surface area contributed by atoms with Crippen molar-refractivity contribution in [3.63, 3.8) is 0 Å². The Morgan fingerprint density at radius 3 is 2.76 bits per heavy atom. The number of benzene rings is 1. The Morgan fingerprint density at radius 2 is 2.10 bits per heavy atom. The van der Waals surface area contributed by atoms with Gasteiger partial charge in [0, 0.05) is 18.5 Å². The number of nitrogens with zero attached hydrogens (tertiary/aromatic N) is 1. The summed E-state index contributed by atoms with van der Waals surface area (Å²) >= 11 is 0. The van der Waals surface area contributed by atoms with Crippen molar-refractivity contribution in [1.82, 2.24) is 4.90 Å². The number of aliphatic hydroxyl groups excluding tert-OH is 1.